The molecule has 2 aromatic rings. The number of primary amides is 1. The zero-order valence-electron chi connectivity index (χ0n) is 11.0. The predicted octanol–water partition coefficient (Wildman–Crippen LogP) is 3.06. The summed E-state index contributed by atoms with van der Waals surface area (Å²) in [6.07, 6.45) is 0. The van der Waals surface area contributed by atoms with Gasteiger partial charge in [0.25, 0.3) is 0 Å². The molecule has 0 spiro atoms. The molecule has 3 N–H and O–H groups in total. The number of nitrogens with two attached hydrogens (primary N) is 1. The Morgan fingerprint density at radius 2 is 2.05 bits per heavy atom. The van der Waals surface area contributed by atoms with Crippen LogP contribution in [0.15, 0.2) is 42.5 Å². The number of rotatable bonds is 5. The van der Waals surface area contributed by atoms with Gasteiger partial charge in [0.15, 0.2) is 0 Å². The first-order valence-corrected chi connectivity index (χ1v) is 6.44. The molecule has 4 nitrogen and oxygen atoms in total. The quantitative estimate of drug-likeness (QED) is 0.889. The molecule has 0 aliphatic carbocycles. The van der Waals surface area contributed by atoms with Crippen LogP contribution in [-0.2, 0) is 6.54 Å². The highest BCUT2D eigenvalue weighted by molar-refractivity contribution is 6.33. The molecule has 20 heavy (non-hydrogen) atoms. The maximum atomic E-state index is 11.2. The van der Waals surface area contributed by atoms with Crippen molar-refractivity contribution in [3.05, 3.63) is 58.6 Å². The van der Waals surface area contributed by atoms with Gasteiger partial charge in [0.05, 0.1) is 17.7 Å². The number of hydrogen-bond donors (Lipinski definition) is 2. The Balaban J connectivity index is 2.15. The summed E-state index contributed by atoms with van der Waals surface area (Å²) in [5.41, 5.74) is 7.36. The fraction of sp³-hybridized carbons (Fsp3) is 0.133. The first-order chi connectivity index (χ1) is 9.61. The molecule has 0 unspecified atom stereocenters. The van der Waals surface area contributed by atoms with Gasteiger partial charge in [0.1, 0.15) is 5.75 Å². The van der Waals surface area contributed by atoms with Gasteiger partial charge < -0.3 is 15.8 Å². The number of anilines is 1. The van der Waals surface area contributed by atoms with Crippen LogP contribution in [0.2, 0.25) is 5.02 Å². The lowest BCUT2D eigenvalue weighted by molar-refractivity contribution is 0.100. The van der Waals surface area contributed by atoms with Gasteiger partial charge in [-0.1, -0.05) is 29.8 Å². The van der Waals surface area contributed by atoms with E-state index in [1.165, 1.54) is 0 Å². The van der Waals surface area contributed by atoms with E-state index in [1.807, 2.05) is 24.3 Å². The van der Waals surface area contributed by atoms with E-state index in [9.17, 15) is 4.79 Å². The number of methoxy groups -OCH3 is 1. The number of amides is 1. The molecule has 0 aromatic heterocycles. The van der Waals surface area contributed by atoms with E-state index >= 15 is 0 Å². The lowest BCUT2D eigenvalue weighted by Crippen LogP contribution is -2.12. The highest BCUT2D eigenvalue weighted by atomic mass is 35.5. The van der Waals surface area contributed by atoms with Gasteiger partial charge in [-0.05, 0) is 24.3 Å². The summed E-state index contributed by atoms with van der Waals surface area (Å²) in [6.45, 7) is 0.573. The molecular weight excluding hydrogens is 276 g/mol. The second-order valence-corrected chi connectivity index (χ2v) is 4.63. The van der Waals surface area contributed by atoms with E-state index in [2.05, 4.69) is 5.32 Å². The molecule has 1 amide bonds. The molecule has 5 heteroatoms. The molecule has 0 saturated heterocycles. The fourth-order valence-corrected chi connectivity index (χ4v) is 2.08. The number of ether oxygens (including phenoxy) is 1. The van der Waals surface area contributed by atoms with Crippen LogP contribution in [0.4, 0.5) is 5.69 Å². The van der Waals surface area contributed by atoms with Crippen LogP contribution >= 0.6 is 11.6 Å². The summed E-state index contributed by atoms with van der Waals surface area (Å²) in [4.78, 5) is 11.2. The number of hydrogen-bond acceptors (Lipinski definition) is 3. The van der Waals surface area contributed by atoms with Crippen molar-refractivity contribution >= 4 is 23.2 Å². The van der Waals surface area contributed by atoms with Gasteiger partial charge in [0.2, 0.25) is 5.91 Å². The smallest absolute Gasteiger partial charge is 0.250 e. The van der Waals surface area contributed by atoms with Crippen molar-refractivity contribution < 1.29 is 9.53 Å². The maximum Gasteiger partial charge on any atom is 0.250 e. The summed E-state index contributed by atoms with van der Waals surface area (Å²) in [5, 5.41) is 3.56. The van der Waals surface area contributed by atoms with E-state index in [-0.39, 0.29) is 0 Å². The van der Waals surface area contributed by atoms with E-state index in [4.69, 9.17) is 22.1 Å². The second-order valence-electron chi connectivity index (χ2n) is 4.22. The number of carbonyl (C=O) groups is 1. The Hall–Kier alpha value is -2.20. The lowest BCUT2D eigenvalue weighted by Gasteiger charge is -2.11. The van der Waals surface area contributed by atoms with E-state index in [1.54, 1.807) is 25.3 Å². The minimum Gasteiger partial charge on any atom is -0.496 e. The van der Waals surface area contributed by atoms with Crippen molar-refractivity contribution in [1.82, 2.24) is 0 Å². The van der Waals surface area contributed by atoms with Gasteiger partial charge in [-0.2, -0.15) is 0 Å². The van der Waals surface area contributed by atoms with E-state index in [0.717, 1.165) is 17.0 Å². The molecule has 0 saturated carbocycles. The molecule has 0 atom stereocenters. The lowest BCUT2D eigenvalue weighted by atomic mass is 10.1. The van der Waals surface area contributed by atoms with Crippen LogP contribution < -0.4 is 15.8 Å². The average Bonchev–Trinajstić information content (AvgIpc) is 2.46. The molecule has 0 heterocycles. The summed E-state index contributed by atoms with van der Waals surface area (Å²) >= 11 is 5.91. The first kappa shape index (κ1) is 14.2. The zero-order valence-corrected chi connectivity index (χ0v) is 11.8. The summed E-state index contributed by atoms with van der Waals surface area (Å²) < 4.78 is 5.28. The molecule has 0 aliphatic rings. The SMILES string of the molecule is COc1ccccc1CNc1ccc(Cl)c(C(N)=O)c1. The van der Waals surface area contributed by atoms with Crippen LogP contribution in [0.25, 0.3) is 0 Å². The normalized spacial score (nSPS) is 10.1. The molecule has 0 radical (unpaired) electrons. The van der Waals surface area contributed by atoms with E-state index in [0.29, 0.717) is 17.1 Å². The van der Waals surface area contributed by atoms with Gasteiger partial charge in [-0.25, -0.2) is 0 Å². The highest BCUT2D eigenvalue weighted by Crippen LogP contribution is 2.22. The zero-order chi connectivity index (χ0) is 14.5. The number of carbonyl (C=O) groups excluding carboxylic acids is 1. The number of para-hydroxylation sites is 1. The van der Waals surface area contributed by atoms with Gasteiger partial charge >= 0.3 is 0 Å². The minimum atomic E-state index is -0.545. The third-order valence-electron chi connectivity index (χ3n) is 2.91. The van der Waals surface area contributed by atoms with Gasteiger partial charge in [0, 0.05) is 17.8 Å². The highest BCUT2D eigenvalue weighted by Gasteiger charge is 2.08. The third-order valence-corrected chi connectivity index (χ3v) is 3.24. The van der Waals surface area contributed by atoms with Crippen LogP contribution in [0.5, 0.6) is 5.75 Å². The largest absolute Gasteiger partial charge is 0.496 e. The van der Waals surface area contributed by atoms with Crippen molar-refractivity contribution in [3.8, 4) is 5.75 Å². The Kier molecular flexibility index (Phi) is 4.48. The van der Waals surface area contributed by atoms with Crippen LogP contribution in [0.1, 0.15) is 15.9 Å². The summed E-state index contributed by atoms with van der Waals surface area (Å²) in [6, 6.07) is 12.8. The molecule has 0 bridgehead atoms. The van der Waals surface area contributed by atoms with E-state index < -0.39 is 5.91 Å². The van der Waals surface area contributed by atoms with Crippen LogP contribution in [0.3, 0.4) is 0 Å². The number of halogens is 1. The van der Waals surface area contributed by atoms with Gasteiger partial charge in [-0.3, -0.25) is 4.79 Å². The van der Waals surface area contributed by atoms with Crippen molar-refractivity contribution in [2.24, 2.45) is 5.73 Å². The van der Waals surface area contributed by atoms with Crippen LogP contribution in [0, 0.1) is 0 Å². The molecule has 0 fully saturated rings. The molecule has 104 valence electrons. The maximum absolute atomic E-state index is 11.2. The number of nitrogens with one attached hydrogen (secondary N) is 1. The van der Waals surface area contributed by atoms with Crippen molar-refractivity contribution in [2.75, 3.05) is 12.4 Å². The monoisotopic (exact) mass is 290 g/mol. The third kappa shape index (κ3) is 3.22. The first-order valence-electron chi connectivity index (χ1n) is 6.07. The number of benzene rings is 2. The molecule has 2 rings (SSSR count). The summed E-state index contributed by atoms with van der Waals surface area (Å²) in [5.74, 6) is 0.264. The van der Waals surface area contributed by atoms with Crippen molar-refractivity contribution in [3.63, 3.8) is 0 Å². The molecule has 2 aromatic carbocycles. The Morgan fingerprint density at radius 1 is 1.30 bits per heavy atom. The van der Waals surface area contributed by atoms with Crippen molar-refractivity contribution in [2.45, 2.75) is 6.54 Å². The fourth-order valence-electron chi connectivity index (χ4n) is 1.87. The topological polar surface area (TPSA) is 64.3 Å². The van der Waals surface area contributed by atoms with Gasteiger partial charge in [-0.15, -0.1) is 0 Å². The summed E-state index contributed by atoms with van der Waals surface area (Å²) in [7, 11) is 1.63. The Morgan fingerprint density at radius 3 is 2.75 bits per heavy atom. The van der Waals surface area contributed by atoms with Crippen molar-refractivity contribution in [1.29, 1.82) is 0 Å². The standard InChI is InChI=1S/C15H15ClN2O2/c1-20-14-5-3-2-4-10(14)9-18-11-6-7-13(16)12(8-11)15(17)19/h2-8,18H,9H2,1H3,(H2,17,19). The van der Waals surface area contributed by atoms with Crippen LogP contribution in [-0.4, -0.2) is 13.0 Å². The molecular formula is C15H15ClN2O2. The molecule has 0 aliphatic heterocycles. The predicted molar refractivity (Wildman–Crippen MR) is 80.3 cm³/mol. The average molecular weight is 291 g/mol. The second kappa shape index (κ2) is 6.30. The Labute approximate surface area is 122 Å². The Bertz CT molecular complexity index is 629. The minimum absolute atomic E-state index is 0.302.